The van der Waals surface area contributed by atoms with Gasteiger partial charge in [0.05, 0.1) is 0 Å². The average molecular weight is 226 g/mol. The number of rotatable bonds is 3. The molecule has 0 amide bonds. The van der Waals surface area contributed by atoms with Gasteiger partial charge in [0.15, 0.2) is 0 Å². The monoisotopic (exact) mass is 226 g/mol. The lowest BCUT2D eigenvalue weighted by Gasteiger charge is -2.06. The topological polar surface area (TPSA) is 20.2 Å². The summed E-state index contributed by atoms with van der Waals surface area (Å²) in [6.07, 6.45) is 1.79. The zero-order valence-electron chi connectivity index (χ0n) is 10.4. The molecule has 2 aromatic carbocycles. The quantitative estimate of drug-likeness (QED) is 0.842. The molecule has 2 rings (SSSR count). The van der Waals surface area contributed by atoms with Gasteiger partial charge in [0.2, 0.25) is 0 Å². The largest absolute Gasteiger partial charge is 0.508 e. The highest BCUT2D eigenvalue weighted by atomic mass is 16.3. The minimum Gasteiger partial charge on any atom is -0.508 e. The van der Waals surface area contributed by atoms with E-state index in [2.05, 4.69) is 44.2 Å². The van der Waals surface area contributed by atoms with Crippen LogP contribution in [0, 0.1) is 6.92 Å². The number of phenols is 1. The zero-order valence-corrected chi connectivity index (χ0v) is 10.4. The van der Waals surface area contributed by atoms with Crippen LogP contribution in [0.15, 0.2) is 42.5 Å². The fourth-order valence-corrected chi connectivity index (χ4v) is 1.97. The Bertz CT molecular complexity index is 497. The standard InChI is InChI=1S/C16H18O/c1-3-15-11-14(8-9-16(15)17)10-13-6-4-12(2)5-7-13/h4-9,11,17H,3,10H2,1-2H3. The molecule has 0 saturated carbocycles. The molecule has 0 radical (unpaired) electrons. The van der Waals surface area contributed by atoms with Crippen molar-refractivity contribution in [2.45, 2.75) is 26.7 Å². The normalized spacial score (nSPS) is 10.5. The fourth-order valence-electron chi connectivity index (χ4n) is 1.97. The van der Waals surface area contributed by atoms with Crippen molar-refractivity contribution in [3.05, 3.63) is 64.7 Å². The van der Waals surface area contributed by atoms with Crippen molar-refractivity contribution >= 4 is 0 Å². The minimum atomic E-state index is 0.403. The average Bonchev–Trinajstić information content (AvgIpc) is 2.34. The lowest BCUT2D eigenvalue weighted by Crippen LogP contribution is -1.91. The maximum atomic E-state index is 9.64. The maximum absolute atomic E-state index is 9.64. The summed E-state index contributed by atoms with van der Waals surface area (Å²) in [6, 6.07) is 14.5. The summed E-state index contributed by atoms with van der Waals surface area (Å²) in [5, 5.41) is 9.64. The van der Waals surface area contributed by atoms with Gasteiger partial charge in [0.25, 0.3) is 0 Å². The number of aryl methyl sites for hydroxylation is 2. The number of phenolic OH excluding ortho intramolecular Hbond substituents is 1. The van der Waals surface area contributed by atoms with Crippen LogP contribution in [0.2, 0.25) is 0 Å². The first-order chi connectivity index (χ1) is 8.19. The molecule has 0 aliphatic carbocycles. The Morgan fingerprint density at radius 2 is 1.59 bits per heavy atom. The molecule has 2 aromatic rings. The molecule has 0 fully saturated rings. The first-order valence-electron chi connectivity index (χ1n) is 6.05. The Labute approximate surface area is 103 Å². The Kier molecular flexibility index (Phi) is 3.48. The molecule has 1 nitrogen and oxygen atoms in total. The molecule has 0 unspecified atom stereocenters. The van der Waals surface area contributed by atoms with E-state index in [9.17, 15) is 5.11 Å². The SMILES string of the molecule is CCc1cc(Cc2ccc(C)cc2)ccc1O. The molecule has 1 heteroatoms. The first kappa shape index (κ1) is 11.7. The number of aromatic hydroxyl groups is 1. The summed E-state index contributed by atoms with van der Waals surface area (Å²) in [7, 11) is 0. The number of hydrogen-bond acceptors (Lipinski definition) is 1. The molecule has 0 saturated heterocycles. The van der Waals surface area contributed by atoms with Crippen molar-refractivity contribution < 1.29 is 5.11 Å². The second-order valence-corrected chi connectivity index (χ2v) is 4.48. The summed E-state index contributed by atoms with van der Waals surface area (Å²) in [4.78, 5) is 0. The van der Waals surface area contributed by atoms with E-state index < -0.39 is 0 Å². The van der Waals surface area contributed by atoms with Crippen LogP contribution >= 0.6 is 0 Å². The molecule has 0 atom stereocenters. The van der Waals surface area contributed by atoms with Crippen molar-refractivity contribution in [1.82, 2.24) is 0 Å². The molecule has 1 N–H and O–H groups in total. The molecule has 0 bridgehead atoms. The fraction of sp³-hybridized carbons (Fsp3) is 0.250. The van der Waals surface area contributed by atoms with Gasteiger partial charge in [-0.25, -0.2) is 0 Å². The van der Waals surface area contributed by atoms with E-state index in [1.807, 2.05) is 6.07 Å². The van der Waals surface area contributed by atoms with Crippen LogP contribution in [0.1, 0.15) is 29.2 Å². The highest BCUT2D eigenvalue weighted by molar-refractivity contribution is 5.38. The maximum Gasteiger partial charge on any atom is 0.118 e. The Morgan fingerprint density at radius 3 is 2.24 bits per heavy atom. The van der Waals surface area contributed by atoms with E-state index in [-0.39, 0.29) is 0 Å². The van der Waals surface area contributed by atoms with E-state index >= 15 is 0 Å². The summed E-state index contributed by atoms with van der Waals surface area (Å²) in [6.45, 7) is 4.16. The van der Waals surface area contributed by atoms with E-state index in [1.165, 1.54) is 16.7 Å². The number of hydrogen-bond donors (Lipinski definition) is 1. The molecule has 88 valence electrons. The van der Waals surface area contributed by atoms with Gasteiger partial charge in [-0.3, -0.25) is 0 Å². The predicted octanol–water partition coefficient (Wildman–Crippen LogP) is 3.85. The van der Waals surface area contributed by atoms with Crippen LogP contribution in [0.25, 0.3) is 0 Å². The smallest absolute Gasteiger partial charge is 0.118 e. The van der Waals surface area contributed by atoms with Crippen molar-refractivity contribution in [1.29, 1.82) is 0 Å². The molecule has 0 heterocycles. The van der Waals surface area contributed by atoms with Crippen molar-refractivity contribution in [2.75, 3.05) is 0 Å². The van der Waals surface area contributed by atoms with E-state index in [0.717, 1.165) is 18.4 Å². The van der Waals surface area contributed by atoms with Gasteiger partial charge in [0.1, 0.15) is 5.75 Å². The lowest BCUT2D eigenvalue weighted by atomic mass is 10.0. The Balaban J connectivity index is 2.21. The second kappa shape index (κ2) is 5.05. The molecule has 0 aliphatic heterocycles. The summed E-state index contributed by atoms with van der Waals surface area (Å²) in [5.74, 6) is 0.403. The zero-order chi connectivity index (χ0) is 12.3. The van der Waals surface area contributed by atoms with Crippen LogP contribution in [-0.2, 0) is 12.8 Å². The van der Waals surface area contributed by atoms with Crippen LogP contribution < -0.4 is 0 Å². The van der Waals surface area contributed by atoms with Crippen molar-refractivity contribution in [2.24, 2.45) is 0 Å². The van der Waals surface area contributed by atoms with E-state index in [0.29, 0.717) is 5.75 Å². The van der Waals surface area contributed by atoms with Gasteiger partial charge in [-0.1, -0.05) is 48.9 Å². The van der Waals surface area contributed by atoms with Crippen LogP contribution in [0.4, 0.5) is 0 Å². The van der Waals surface area contributed by atoms with Gasteiger partial charge in [0, 0.05) is 0 Å². The lowest BCUT2D eigenvalue weighted by molar-refractivity contribution is 0.468. The van der Waals surface area contributed by atoms with E-state index in [4.69, 9.17) is 0 Å². The van der Waals surface area contributed by atoms with Gasteiger partial charge in [-0.2, -0.15) is 0 Å². The summed E-state index contributed by atoms with van der Waals surface area (Å²) in [5.41, 5.74) is 4.87. The van der Waals surface area contributed by atoms with Crippen molar-refractivity contribution in [3.8, 4) is 5.75 Å². The minimum absolute atomic E-state index is 0.403. The molecule has 0 spiro atoms. The van der Waals surface area contributed by atoms with Gasteiger partial charge >= 0.3 is 0 Å². The Morgan fingerprint density at radius 1 is 0.941 bits per heavy atom. The second-order valence-electron chi connectivity index (χ2n) is 4.48. The number of benzene rings is 2. The highest BCUT2D eigenvalue weighted by Crippen LogP contribution is 2.20. The molecular formula is C16H18O. The van der Waals surface area contributed by atoms with Gasteiger partial charge < -0.3 is 5.11 Å². The molecule has 17 heavy (non-hydrogen) atoms. The van der Waals surface area contributed by atoms with Crippen LogP contribution in [-0.4, -0.2) is 5.11 Å². The summed E-state index contributed by atoms with van der Waals surface area (Å²) < 4.78 is 0. The molecular weight excluding hydrogens is 208 g/mol. The van der Waals surface area contributed by atoms with Crippen LogP contribution in [0.3, 0.4) is 0 Å². The highest BCUT2D eigenvalue weighted by Gasteiger charge is 2.02. The molecule has 0 aliphatic rings. The predicted molar refractivity (Wildman–Crippen MR) is 71.5 cm³/mol. The van der Waals surface area contributed by atoms with Crippen molar-refractivity contribution in [3.63, 3.8) is 0 Å². The van der Waals surface area contributed by atoms with Gasteiger partial charge in [-0.05, 0) is 42.5 Å². The van der Waals surface area contributed by atoms with Gasteiger partial charge in [-0.15, -0.1) is 0 Å². The molecule has 0 aromatic heterocycles. The third-order valence-electron chi connectivity index (χ3n) is 3.05. The Hall–Kier alpha value is -1.76. The first-order valence-corrected chi connectivity index (χ1v) is 6.05. The van der Waals surface area contributed by atoms with E-state index in [1.54, 1.807) is 6.07 Å². The summed E-state index contributed by atoms with van der Waals surface area (Å²) >= 11 is 0. The third-order valence-corrected chi connectivity index (χ3v) is 3.05. The third kappa shape index (κ3) is 2.88. The van der Waals surface area contributed by atoms with Crippen LogP contribution in [0.5, 0.6) is 5.75 Å².